The maximum atomic E-state index is 12.2. The maximum absolute atomic E-state index is 12.2. The zero-order valence-electron chi connectivity index (χ0n) is 10.9. The lowest BCUT2D eigenvalue weighted by Gasteiger charge is -2.19. The average molecular weight is 281 g/mol. The van der Waals surface area contributed by atoms with Gasteiger partial charge in [-0.2, -0.15) is 12.6 Å². The fraction of sp³-hybridized carbons (Fsp3) is 0.429. The second-order valence-corrected chi connectivity index (χ2v) is 4.70. The van der Waals surface area contributed by atoms with E-state index in [1.54, 1.807) is 0 Å². The summed E-state index contributed by atoms with van der Waals surface area (Å²) in [6, 6.07) is 8.46. The minimum Gasteiger partial charge on any atom is -0.480 e. The average Bonchev–Trinajstić information content (AvgIpc) is 2.42. The predicted molar refractivity (Wildman–Crippen MR) is 77.5 cm³/mol. The summed E-state index contributed by atoms with van der Waals surface area (Å²) in [6.45, 7) is 2.00. The molecule has 0 bridgehead atoms. The molecular weight excluding hydrogens is 262 g/mol. The topological polar surface area (TPSA) is 66.4 Å². The molecule has 1 amide bonds. The van der Waals surface area contributed by atoms with Gasteiger partial charge in [0.15, 0.2) is 0 Å². The molecule has 0 fully saturated rings. The number of nitrogens with one attached hydrogen (secondary N) is 1. The molecule has 2 N–H and O–H groups in total. The maximum Gasteiger partial charge on any atom is 0.327 e. The third kappa shape index (κ3) is 4.59. The Hall–Kier alpha value is -1.49. The molecule has 0 aliphatic carbocycles. The summed E-state index contributed by atoms with van der Waals surface area (Å²) in [4.78, 5) is 23.1. The molecule has 5 heteroatoms. The molecule has 0 aliphatic heterocycles. The first-order chi connectivity index (χ1) is 9.10. The van der Waals surface area contributed by atoms with Crippen molar-refractivity contribution in [1.29, 1.82) is 0 Å². The molecule has 1 aromatic carbocycles. The monoisotopic (exact) mass is 281 g/mol. The highest BCUT2D eigenvalue weighted by Crippen LogP contribution is 2.21. The van der Waals surface area contributed by atoms with Gasteiger partial charge in [0, 0.05) is 5.75 Å². The van der Waals surface area contributed by atoms with E-state index in [1.807, 2.05) is 37.3 Å². The van der Waals surface area contributed by atoms with E-state index in [2.05, 4.69) is 17.9 Å². The van der Waals surface area contributed by atoms with Crippen LogP contribution in [0.4, 0.5) is 0 Å². The molecule has 19 heavy (non-hydrogen) atoms. The molecule has 0 spiro atoms. The number of carbonyl (C=O) groups is 2. The number of carboxylic acids is 1. The Morgan fingerprint density at radius 2 is 1.95 bits per heavy atom. The molecule has 0 heterocycles. The van der Waals surface area contributed by atoms with Gasteiger partial charge in [-0.15, -0.1) is 0 Å². The van der Waals surface area contributed by atoms with Crippen molar-refractivity contribution in [3.8, 4) is 0 Å². The van der Waals surface area contributed by atoms with Crippen LogP contribution in [0.15, 0.2) is 30.3 Å². The van der Waals surface area contributed by atoms with Gasteiger partial charge in [0.25, 0.3) is 0 Å². The highest BCUT2D eigenvalue weighted by Gasteiger charge is 2.24. The summed E-state index contributed by atoms with van der Waals surface area (Å²) in [5, 5.41) is 11.5. The lowest BCUT2D eigenvalue weighted by molar-refractivity contribution is -0.141. The van der Waals surface area contributed by atoms with Gasteiger partial charge in [-0.05, 0) is 12.0 Å². The minimum absolute atomic E-state index is 0.0781. The number of rotatable bonds is 7. The third-order valence-corrected chi connectivity index (χ3v) is 3.26. The molecule has 0 aliphatic rings. The quantitative estimate of drug-likeness (QED) is 0.670. The van der Waals surface area contributed by atoms with E-state index in [0.29, 0.717) is 6.42 Å². The van der Waals surface area contributed by atoms with E-state index >= 15 is 0 Å². The van der Waals surface area contributed by atoms with Gasteiger partial charge < -0.3 is 10.4 Å². The molecule has 1 rings (SSSR count). The van der Waals surface area contributed by atoms with Crippen LogP contribution in [0.25, 0.3) is 0 Å². The van der Waals surface area contributed by atoms with Crippen LogP contribution in [0.5, 0.6) is 0 Å². The van der Waals surface area contributed by atoms with Crippen molar-refractivity contribution in [2.45, 2.75) is 31.7 Å². The van der Waals surface area contributed by atoms with Gasteiger partial charge in [-0.1, -0.05) is 43.7 Å². The second-order valence-electron chi connectivity index (χ2n) is 4.33. The number of hydrogen-bond acceptors (Lipinski definition) is 3. The van der Waals surface area contributed by atoms with Crippen molar-refractivity contribution >= 4 is 24.5 Å². The molecule has 0 saturated heterocycles. The number of benzene rings is 1. The van der Waals surface area contributed by atoms with Crippen LogP contribution >= 0.6 is 12.6 Å². The zero-order valence-corrected chi connectivity index (χ0v) is 11.8. The Kier molecular flexibility index (Phi) is 6.42. The number of carbonyl (C=O) groups excluding carboxylic acids is 1. The highest BCUT2D eigenvalue weighted by molar-refractivity contribution is 7.80. The van der Waals surface area contributed by atoms with Crippen molar-refractivity contribution in [3.05, 3.63) is 35.9 Å². The van der Waals surface area contributed by atoms with Crippen LogP contribution in [-0.2, 0) is 9.59 Å². The molecule has 1 aromatic rings. The smallest absolute Gasteiger partial charge is 0.327 e. The summed E-state index contributed by atoms with van der Waals surface area (Å²) in [6.07, 6.45) is 1.54. The first-order valence-electron chi connectivity index (χ1n) is 6.29. The van der Waals surface area contributed by atoms with Crippen molar-refractivity contribution < 1.29 is 14.7 Å². The lowest BCUT2D eigenvalue weighted by Crippen LogP contribution is -2.44. The van der Waals surface area contributed by atoms with E-state index in [4.69, 9.17) is 5.11 Å². The number of thiol groups is 1. The van der Waals surface area contributed by atoms with Crippen molar-refractivity contribution in [1.82, 2.24) is 5.32 Å². The Bertz CT molecular complexity index is 422. The summed E-state index contributed by atoms with van der Waals surface area (Å²) in [5.74, 6) is -1.55. The van der Waals surface area contributed by atoms with Crippen LogP contribution < -0.4 is 5.32 Å². The van der Waals surface area contributed by atoms with Crippen LogP contribution in [0.3, 0.4) is 0 Å². The molecule has 2 atom stereocenters. The summed E-state index contributed by atoms with van der Waals surface area (Å²) in [5.41, 5.74) is 0.908. The third-order valence-electron chi connectivity index (χ3n) is 2.89. The molecule has 4 nitrogen and oxygen atoms in total. The van der Waals surface area contributed by atoms with E-state index < -0.39 is 12.0 Å². The Morgan fingerprint density at radius 3 is 2.42 bits per heavy atom. The minimum atomic E-state index is -1.06. The Balaban J connectivity index is 2.82. The summed E-state index contributed by atoms with van der Waals surface area (Å²) in [7, 11) is 0. The van der Waals surface area contributed by atoms with E-state index in [-0.39, 0.29) is 17.6 Å². The van der Waals surface area contributed by atoms with E-state index in [0.717, 1.165) is 12.0 Å². The number of hydrogen-bond donors (Lipinski definition) is 3. The molecule has 0 aromatic heterocycles. The van der Waals surface area contributed by atoms with E-state index in [9.17, 15) is 9.59 Å². The van der Waals surface area contributed by atoms with Crippen LogP contribution in [0.1, 0.15) is 31.2 Å². The molecule has 1 unspecified atom stereocenters. The van der Waals surface area contributed by atoms with Crippen molar-refractivity contribution in [3.63, 3.8) is 0 Å². The number of amides is 1. The largest absolute Gasteiger partial charge is 0.480 e. The Morgan fingerprint density at radius 1 is 1.32 bits per heavy atom. The fourth-order valence-electron chi connectivity index (χ4n) is 1.88. The van der Waals surface area contributed by atoms with Crippen molar-refractivity contribution in [2.75, 3.05) is 5.75 Å². The van der Waals surface area contributed by atoms with Gasteiger partial charge in [-0.3, -0.25) is 4.79 Å². The van der Waals surface area contributed by atoms with Crippen LogP contribution in [-0.4, -0.2) is 28.8 Å². The van der Waals surface area contributed by atoms with Crippen molar-refractivity contribution in [2.24, 2.45) is 0 Å². The number of carboxylic acid groups (broad SMARTS) is 1. The van der Waals surface area contributed by atoms with Gasteiger partial charge in [0.1, 0.15) is 6.04 Å². The number of aliphatic carboxylic acids is 1. The normalized spacial score (nSPS) is 13.6. The first-order valence-corrected chi connectivity index (χ1v) is 6.92. The fourth-order valence-corrected chi connectivity index (χ4v) is 2.13. The Labute approximate surface area is 118 Å². The second kappa shape index (κ2) is 7.84. The molecular formula is C14H19NO3S. The molecule has 0 radical (unpaired) electrons. The van der Waals surface area contributed by atoms with E-state index in [1.165, 1.54) is 0 Å². The standard InChI is InChI=1S/C14H19NO3S/c1-2-6-11(10-7-4-3-5-8-10)13(16)15-12(9-19)14(17)18/h3-5,7-8,11-12,19H,2,6,9H2,1H3,(H,15,16)(H,17,18)/t11?,12-/m0/s1. The lowest BCUT2D eigenvalue weighted by atomic mass is 9.93. The van der Waals surface area contributed by atoms with Gasteiger partial charge in [-0.25, -0.2) is 4.79 Å². The molecule has 104 valence electrons. The predicted octanol–water partition coefficient (Wildman–Crippen LogP) is 2.07. The highest BCUT2D eigenvalue weighted by atomic mass is 32.1. The summed E-state index contributed by atoms with van der Waals surface area (Å²) >= 11 is 3.94. The SMILES string of the molecule is CCCC(C(=O)N[C@@H](CS)C(=O)O)c1ccccc1. The van der Waals surface area contributed by atoms with Gasteiger partial charge in [0.05, 0.1) is 5.92 Å². The van der Waals surface area contributed by atoms with Crippen LogP contribution in [0, 0.1) is 0 Å². The first kappa shape index (κ1) is 15.6. The summed E-state index contributed by atoms with van der Waals surface area (Å²) < 4.78 is 0. The molecule has 0 saturated carbocycles. The van der Waals surface area contributed by atoms with Gasteiger partial charge in [0.2, 0.25) is 5.91 Å². The van der Waals surface area contributed by atoms with Gasteiger partial charge >= 0.3 is 5.97 Å². The van der Waals surface area contributed by atoms with Crippen LogP contribution in [0.2, 0.25) is 0 Å². The zero-order chi connectivity index (χ0) is 14.3.